The Morgan fingerprint density at radius 3 is 2.33 bits per heavy atom. The number of oxime groups is 1. The summed E-state index contributed by atoms with van der Waals surface area (Å²) >= 11 is 0. The van der Waals surface area contributed by atoms with Crippen LogP contribution in [0, 0.1) is 5.92 Å². The van der Waals surface area contributed by atoms with Gasteiger partial charge in [-0.2, -0.15) is 17.6 Å². The lowest BCUT2D eigenvalue weighted by atomic mass is 9.90. The number of nitrogens with zero attached hydrogens (tertiary/aromatic N) is 1. The maximum absolute atomic E-state index is 12.4. The van der Waals surface area contributed by atoms with E-state index in [-0.39, 0.29) is 0 Å². The zero-order chi connectivity index (χ0) is 17.4. The Bertz CT molecular complexity index is 534. The fraction of sp³-hybridized carbons (Fsp3) is 0.562. The molecule has 0 radical (unpaired) electrons. The van der Waals surface area contributed by atoms with Crippen LogP contribution in [-0.2, 0) is 4.84 Å². The van der Waals surface area contributed by atoms with E-state index in [9.17, 15) is 17.6 Å². The summed E-state index contributed by atoms with van der Waals surface area (Å²) in [5.74, 6) is -0.470. The van der Waals surface area contributed by atoms with E-state index >= 15 is 0 Å². The molecule has 0 aliphatic heterocycles. The van der Waals surface area contributed by atoms with Crippen molar-refractivity contribution in [1.82, 2.24) is 0 Å². The zero-order valence-electron chi connectivity index (χ0n) is 13.0. The fourth-order valence-electron chi connectivity index (χ4n) is 2.59. The maximum atomic E-state index is 12.4. The molecule has 0 amide bonds. The summed E-state index contributed by atoms with van der Waals surface area (Å²) < 4.78 is 57.6. The maximum Gasteiger partial charge on any atom is 0.387 e. The Kier molecular flexibility index (Phi) is 7.14. The van der Waals surface area contributed by atoms with Crippen molar-refractivity contribution < 1.29 is 31.9 Å². The quantitative estimate of drug-likeness (QED) is 0.384. The van der Waals surface area contributed by atoms with Crippen LogP contribution in [0.2, 0.25) is 0 Å². The van der Waals surface area contributed by atoms with Crippen LogP contribution in [0.5, 0.6) is 11.5 Å². The number of alkyl halides is 4. The number of ether oxygens (including phenoxy) is 2. The van der Waals surface area contributed by atoms with Gasteiger partial charge >= 0.3 is 13.2 Å². The van der Waals surface area contributed by atoms with Gasteiger partial charge in [0.1, 0.15) is 6.61 Å². The molecule has 8 heteroatoms. The van der Waals surface area contributed by atoms with Crippen molar-refractivity contribution in [3.05, 3.63) is 23.8 Å². The first-order valence-electron chi connectivity index (χ1n) is 7.73. The number of benzene rings is 1. The van der Waals surface area contributed by atoms with E-state index in [4.69, 9.17) is 4.84 Å². The lowest BCUT2D eigenvalue weighted by Gasteiger charge is -2.19. The topological polar surface area (TPSA) is 40.0 Å². The molecule has 0 N–H and O–H groups in total. The molecule has 0 saturated heterocycles. The molecule has 1 aliphatic carbocycles. The molecule has 0 aromatic heterocycles. The standard InChI is InChI=1S/C16H19F4NO3/c17-15(18)23-13-7-6-12(8-14(13)24-16(19)20)9-21-22-10-11-4-2-1-3-5-11/h6-9,11,15-16H,1-5,10H2/b21-9+. The molecular weight excluding hydrogens is 330 g/mol. The summed E-state index contributed by atoms with van der Waals surface area (Å²) in [6.07, 6.45) is 7.17. The average molecular weight is 349 g/mol. The van der Waals surface area contributed by atoms with Crippen LogP contribution in [0.3, 0.4) is 0 Å². The summed E-state index contributed by atoms with van der Waals surface area (Å²) in [5, 5.41) is 3.79. The fourth-order valence-corrected chi connectivity index (χ4v) is 2.59. The molecule has 4 nitrogen and oxygen atoms in total. The molecule has 1 aromatic rings. The van der Waals surface area contributed by atoms with Gasteiger partial charge in [-0.1, -0.05) is 24.4 Å². The number of halogens is 4. The largest absolute Gasteiger partial charge is 0.431 e. The Morgan fingerprint density at radius 2 is 1.67 bits per heavy atom. The smallest absolute Gasteiger partial charge is 0.387 e. The molecule has 134 valence electrons. The second-order valence-electron chi connectivity index (χ2n) is 5.50. The summed E-state index contributed by atoms with van der Waals surface area (Å²) in [5.41, 5.74) is 0.371. The molecule has 0 bridgehead atoms. The van der Waals surface area contributed by atoms with E-state index in [0.717, 1.165) is 25.0 Å². The third kappa shape index (κ3) is 6.25. The molecule has 1 aliphatic rings. The van der Waals surface area contributed by atoms with Gasteiger partial charge < -0.3 is 14.3 Å². The van der Waals surface area contributed by atoms with Gasteiger partial charge in [-0.05, 0) is 37.0 Å². The lowest BCUT2D eigenvalue weighted by molar-refractivity contribution is -0.0692. The third-order valence-electron chi connectivity index (χ3n) is 3.71. The minimum absolute atomic E-state index is 0.371. The highest BCUT2D eigenvalue weighted by Gasteiger charge is 2.15. The van der Waals surface area contributed by atoms with Crippen LogP contribution >= 0.6 is 0 Å². The van der Waals surface area contributed by atoms with Crippen molar-refractivity contribution >= 4 is 6.21 Å². The highest BCUT2D eigenvalue weighted by atomic mass is 19.3. The van der Waals surface area contributed by atoms with Crippen LogP contribution < -0.4 is 9.47 Å². The molecule has 0 unspecified atom stereocenters. The predicted octanol–water partition coefficient (Wildman–Crippen LogP) is 4.82. The molecule has 24 heavy (non-hydrogen) atoms. The predicted molar refractivity (Wildman–Crippen MR) is 79.8 cm³/mol. The molecule has 0 heterocycles. The Morgan fingerprint density at radius 1 is 1.00 bits per heavy atom. The first kappa shape index (κ1) is 18.4. The van der Waals surface area contributed by atoms with E-state index < -0.39 is 24.7 Å². The van der Waals surface area contributed by atoms with Gasteiger partial charge in [-0.15, -0.1) is 0 Å². The van der Waals surface area contributed by atoms with E-state index in [2.05, 4.69) is 14.6 Å². The van der Waals surface area contributed by atoms with E-state index in [1.807, 2.05) is 0 Å². The van der Waals surface area contributed by atoms with Crippen LogP contribution in [0.4, 0.5) is 17.6 Å². The summed E-state index contributed by atoms with van der Waals surface area (Å²) in [4.78, 5) is 5.22. The van der Waals surface area contributed by atoms with Crippen molar-refractivity contribution in [2.45, 2.75) is 45.3 Å². The van der Waals surface area contributed by atoms with E-state index in [1.54, 1.807) is 0 Å². The normalized spacial score (nSPS) is 16.1. The second-order valence-corrected chi connectivity index (χ2v) is 5.50. The van der Waals surface area contributed by atoms with Gasteiger partial charge in [0.05, 0.1) is 6.21 Å². The molecular formula is C16H19F4NO3. The van der Waals surface area contributed by atoms with Gasteiger partial charge in [0.15, 0.2) is 11.5 Å². The van der Waals surface area contributed by atoms with Gasteiger partial charge in [-0.25, -0.2) is 0 Å². The number of rotatable bonds is 8. The monoisotopic (exact) mass is 349 g/mol. The van der Waals surface area contributed by atoms with Crippen molar-refractivity contribution in [3.8, 4) is 11.5 Å². The van der Waals surface area contributed by atoms with Crippen LogP contribution in [-0.4, -0.2) is 26.0 Å². The molecule has 1 aromatic carbocycles. The second kappa shape index (κ2) is 9.34. The first-order valence-corrected chi connectivity index (χ1v) is 7.73. The summed E-state index contributed by atoms with van der Waals surface area (Å²) in [6.45, 7) is -5.79. The summed E-state index contributed by atoms with van der Waals surface area (Å²) in [7, 11) is 0. The van der Waals surface area contributed by atoms with Crippen LogP contribution in [0.15, 0.2) is 23.4 Å². The van der Waals surface area contributed by atoms with Gasteiger partial charge in [-0.3, -0.25) is 0 Å². The lowest BCUT2D eigenvalue weighted by Crippen LogP contribution is -2.11. The third-order valence-corrected chi connectivity index (χ3v) is 3.71. The Hall–Kier alpha value is -1.99. The van der Waals surface area contributed by atoms with Crippen molar-refractivity contribution in [3.63, 3.8) is 0 Å². The SMILES string of the molecule is FC(F)Oc1ccc(/C=N/OCC2CCCCC2)cc1OC(F)F. The number of hydrogen-bond acceptors (Lipinski definition) is 4. The zero-order valence-corrected chi connectivity index (χ0v) is 13.0. The molecule has 0 spiro atoms. The highest BCUT2D eigenvalue weighted by Crippen LogP contribution is 2.30. The average Bonchev–Trinajstić information content (AvgIpc) is 2.54. The first-order chi connectivity index (χ1) is 11.5. The van der Waals surface area contributed by atoms with Crippen molar-refractivity contribution in [1.29, 1.82) is 0 Å². The van der Waals surface area contributed by atoms with E-state index in [0.29, 0.717) is 18.1 Å². The van der Waals surface area contributed by atoms with Crippen molar-refractivity contribution in [2.24, 2.45) is 11.1 Å². The highest BCUT2D eigenvalue weighted by molar-refractivity contribution is 5.80. The minimum atomic E-state index is -3.15. The van der Waals surface area contributed by atoms with Crippen LogP contribution in [0.1, 0.15) is 37.7 Å². The Labute approximate surface area is 137 Å². The van der Waals surface area contributed by atoms with Gasteiger partial charge in [0.25, 0.3) is 0 Å². The molecule has 2 rings (SSSR count). The van der Waals surface area contributed by atoms with E-state index in [1.165, 1.54) is 31.5 Å². The van der Waals surface area contributed by atoms with Crippen molar-refractivity contribution in [2.75, 3.05) is 6.61 Å². The van der Waals surface area contributed by atoms with Gasteiger partial charge in [0, 0.05) is 5.56 Å². The Balaban J connectivity index is 1.94. The summed E-state index contributed by atoms with van der Waals surface area (Å²) in [6, 6.07) is 3.65. The molecule has 0 atom stereocenters. The molecule has 1 saturated carbocycles. The van der Waals surface area contributed by atoms with Gasteiger partial charge in [0.2, 0.25) is 0 Å². The molecule has 1 fully saturated rings. The minimum Gasteiger partial charge on any atom is -0.431 e. The number of hydrogen-bond donors (Lipinski definition) is 0. The van der Waals surface area contributed by atoms with Crippen LogP contribution in [0.25, 0.3) is 0 Å².